The summed E-state index contributed by atoms with van der Waals surface area (Å²) in [6.45, 7) is -0.161. The first kappa shape index (κ1) is 15.6. The summed E-state index contributed by atoms with van der Waals surface area (Å²) in [5.74, 6) is -1.51. The Morgan fingerprint density at radius 1 is 1.04 bits per heavy atom. The zero-order valence-electron chi connectivity index (χ0n) is 11.5. The van der Waals surface area contributed by atoms with Crippen LogP contribution in [0.3, 0.4) is 0 Å². The van der Waals surface area contributed by atoms with Gasteiger partial charge in [0.05, 0.1) is 28.4 Å². The molecule has 0 unspecified atom stereocenters. The molecule has 1 aliphatic heterocycles. The van der Waals surface area contributed by atoms with Crippen LogP contribution in [0.2, 0.25) is 5.02 Å². The monoisotopic (exact) mass is 339 g/mol. The first-order valence-corrected chi connectivity index (χ1v) is 6.97. The molecule has 23 heavy (non-hydrogen) atoms. The van der Waals surface area contributed by atoms with E-state index in [2.05, 4.69) is 0 Å². The number of para-hydroxylation sites is 1. The number of alkyl halides is 3. The zero-order chi connectivity index (χ0) is 16.8. The third kappa shape index (κ3) is 2.70. The molecule has 0 aliphatic carbocycles. The number of anilines is 1. The van der Waals surface area contributed by atoms with Crippen LogP contribution in [0, 0.1) is 0 Å². The van der Waals surface area contributed by atoms with Crippen molar-refractivity contribution in [1.82, 2.24) is 0 Å². The smallest absolute Gasteiger partial charge is 0.299 e. The first-order valence-electron chi connectivity index (χ1n) is 6.60. The Hall–Kier alpha value is -2.34. The minimum Gasteiger partial charge on any atom is -0.299 e. The zero-order valence-corrected chi connectivity index (χ0v) is 12.3. The Bertz CT molecular complexity index is 817. The van der Waals surface area contributed by atoms with Crippen LogP contribution in [0.5, 0.6) is 0 Å². The van der Waals surface area contributed by atoms with Gasteiger partial charge in [0.1, 0.15) is 0 Å². The summed E-state index contributed by atoms with van der Waals surface area (Å²) in [5, 5.41) is 0.202. The van der Waals surface area contributed by atoms with Gasteiger partial charge in [-0.2, -0.15) is 13.2 Å². The Kier molecular flexibility index (Phi) is 3.64. The lowest BCUT2D eigenvalue weighted by molar-refractivity contribution is -0.137. The van der Waals surface area contributed by atoms with Gasteiger partial charge in [-0.25, -0.2) is 0 Å². The summed E-state index contributed by atoms with van der Waals surface area (Å²) in [4.78, 5) is 25.1. The number of hydrogen-bond acceptors (Lipinski definition) is 2. The van der Waals surface area contributed by atoms with Crippen molar-refractivity contribution < 1.29 is 22.8 Å². The molecule has 0 bridgehead atoms. The molecule has 7 heteroatoms. The van der Waals surface area contributed by atoms with Crippen molar-refractivity contribution in [2.24, 2.45) is 0 Å². The molecule has 0 N–H and O–H groups in total. The molecule has 0 saturated carbocycles. The van der Waals surface area contributed by atoms with Crippen molar-refractivity contribution in [3.63, 3.8) is 0 Å². The second-order valence-electron chi connectivity index (χ2n) is 5.05. The number of Topliss-reactive ketones (excluding diaryl/α,β-unsaturated/α-hetero) is 1. The van der Waals surface area contributed by atoms with Crippen LogP contribution >= 0.6 is 11.6 Å². The minimum atomic E-state index is -4.48. The fourth-order valence-corrected chi connectivity index (χ4v) is 2.77. The molecule has 0 spiro atoms. The summed E-state index contributed by atoms with van der Waals surface area (Å²) < 4.78 is 38.3. The van der Waals surface area contributed by atoms with Gasteiger partial charge in [-0.15, -0.1) is 0 Å². The van der Waals surface area contributed by atoms with E-state index < -0.39 is 23.4 Å². The SMILES string of the molecule is O=C1C(=O)N(Cc2cccc(C(F)(F)F)c2)c2c(Cl)cccc21. The molecular weight excluding hydrogens is 331 g/mol. The average Bonchev–Trinajstić information content (AvgIpc) is 2.73. The van der Waals surface area contributed by atoms with E-state index in [9.17, 15) is 22.8 Å². The Morgan fingerprint density at radius 2 is 1.74 bits per heavy atom. The highest BCUT2D eigenvalue weighted by Gasteiger charge is 2.37. The van der Waals surface area contributed by atoms with Crippen LogP contribution in [0.1, 0.15) is 21.5 Å². The predicted octanol–water partition coefficient (Wildman–Crippen LogP) is 4.09. The Balaban J connectivity index is 1.99. The van der Waals surface area contributed by atoms with Crippen LogP contribution in [0.25, 0.3) is 0 Å². The number of rotatable bonds is 2. The lowest BCUT2D eigenvalue weighted by Crippen LogP contribution is -2.29. The molecule has 0 aromatic heterocycles. The molecule has 0 fully saturated rings. The van der Waals surface area contributed by atoms with E-state index in [1.54, 1.807) is 6.07 Å². The summed E-state index contributed by atoms with van der Waals surface area (Å²) in [6.07, 6.45) is -4.48. The maximum absolute atomic E-state index is 12.8. The standard InChI is InChI=1S/C16H9ClF3NO2/c17-12-6-2-5-11-13(12)21(15(23)14(11)22)8-9-3-1-4-10(7-9)16(18,19)20/h1-7H,8H2. The molecule has 1 aliphatic rings. The second-order valence-corrected chi connectivity index (χ2v) is 5.46. The average molecular weight is 340 g/mol. The number of ketones is 1. The Labute approximate surface area is 134 Å². The van der Waals surface area contributed by atoms with Gasteiger partial charge in [-0.05, 0) is 29.8 Å². The number of fused-ring (bicyclic) bond motifs is 1. The van der Waals surface area contributed by atoms with Crippen molar-refractivity contribution in [2.45, 2.75) is 12.7 Å². The number of hydrogen-bond donors (Lipinski definition) is 0. The highest BCUT2D eigenvalue weighted by molar-refractivity contribution is 6.54. The van der Waals surface area contributed by atoms with Crippen molar-refractivity contribution >= 4 is 29.0 Å². The molecule has 2 aromatic rings. The maximum atomic E-state index is 12.8. The number of halogens is 4. The fraction of sp³-hybridized carbons (Fsp3) is 0.125. The van der Waals surface area contributed by atoms with Crippen molar-refractivity contribution in [3.05, 3.63) is 64.2 Å². The molecular formula is C16H9ClF3NO2. The van der Waals surface area contributed by atoms with Gasteiger partial charge in [-0.3, -0.25) is 14.5 Å². The highest BCUT2D eigenvalue weighted by atomic mass is 35.5. The molecule has 3 nitrogen and oxygen atoms in total. The van der Waals surface area contributed by atoms with E-state index in [0.29, 0.717) is 0 Å². The summed E-state index contributed by atoms with van der Waals surface area (Å²) in [5.41, 5.74) is -0.155. The molecule has 2 aromatic carbocycles. The third-order valence-corrected chi connectivity index (χ3v) is 3.84. The summed E-state index contributed by atoms with van der Waals surface area (Å²) >= 11 is 6.04. The molecule has 1 amide bonds. The second kappa shape index (κ2) is 5.38. The maximum Gasteiger partial charge on any atom is 0.416 e. The molecule has 3 rings (SSSR count). The van der Waals surface area contributed by atoms with Gasteiger partial charge >= 0.3 is 6.18 Å². The van der Waals surface area contributed by atoms with E-state index in [4.69, 9.17) is 11.6 Å². The summed E-state index contributed by atoms with van der Waals surface area (Å²) in [7, 11) is 0. The Morgan fingerprint density at radius 3 is 2.43 bits per heavy atom. The van der Waals surface area contributed by atoms with Crippen LogP contribution < -0.4 is 4.90 Å². The van der Waals surface area contributed by atoms with Crippen LogP contribution in [0.4, 0.5) is 18.9 Å². The topological polar surface area (TPSA) is 37.4 Å². The van der Waals surface area contributed by atoms with E-state index in [1.807, 2.05) is 0 Å². The quantitative estimate of drug-likeness (QED) is 0.773. The van der Waals surface area contributed by atoms with Gasteiger partial charge < -0.3 is 0 Å². The van der Waals surface area contributed by atoms with E-state index in [0.717, 1.165) is 17.0 Å². The molecule has 1 heterocycles. The molecule has 0 atom stereocenters. The first-order chi connectivity index (χ1) is 10.8. The third-order valence-electron chi connectivity index (χ3n) is 3.54. The van der Waals surface area contributed by atoms with E-state index in [1.165, 1.54) is 24.3 Å². The van der Waals surface area contributed by atoms with Crippen molar-refractivity contribution in [1.29, 1.82) is 0 Å². The fourth-order valence-electron chi connectivity index (χ4n) is 2.49. The molecule has 0 saturated heterocycles. The van der Waals surface area contributed by atoms with Crippen LogP contribution in [0.15, 0.2) is 42.5 Å². The van der Waals surface area contributed by atoms with Gasteiger partial charge in [0.25, 0.3) is 11.7 Å². The van der Waals surface area contributed by atoms with Gasteiger partial charge in [0.15, 0.2) is 0 Å². The number of nitrogens with zero attached hydrogens (tertiary/aromatic N) is 1. The number of carbonyl (C=O) groups excluding carboxylic acids is 2. The lowest BCUT2D eigenvalue weighted by atomic mass is 10.1. The van der Waals surface area contributed by atoms with Crippen molar-refractivity contribution in [2.75, 3.05) is 4.90 Å². The predicted molar refractivity (Wildman–Crippen MR) is 78.4 cm³/mol. The van der Waals surface area contributed by atoms with Crippen molar-refractivity contribution in [3.8, 4) is 0 Å². The van der Waals surface area contributed by atoms with E-state index in [-0.39, 0.29) is 28.4 Å². The highest BCUT2D eigenvalue weighted by Crippen LogP contribution is 2.37. The lowest BCUT2D eigenvalue weighted by Gasteiger charge is -2.18. The molecule has 0 radical (unpaired) electrons. The summed E-state index contributed by atoms with van der Waals surface area (Å²) in [6, 6.07) is 9.14. The van der Waals surface area contributed by atoms with E-state index >= 15 is 0 Å². The van der Waals surface area contributed by atoms with Crippen LogP contribution in [-0.4, -0.2) is 11.7 Å². The van der Waals surface area contributed by atoms with Crippen LogP contribution in [-0.2, 0) is 17.5 Å². The normalized spacial score (nSPS) is 14.3. The van der Waals surface area contributed by atoms with Gasteiger partial charge in [0.2, 0.25) is 0 Å². The number of benzene rings is 2. The largest absolute Gasteiger partial charge is 0.416 e. The number of carbonyl (C=O) groups is 2. The molecule has 118 valence electrons. The van der Waals surface area contributed by atoms with Gasteiger partial charge in [-0.1, -0.05) is 29.8 Å². The van der Waals surface area contributed by atoms with Gasteiger partial charge in [0, 0.05) is 0 Å². The number of amides is 1. The minimum absolute atomic E-state index is 0.161.